The Labute approximate surface area is 121 Å². The Morgan fingerprint density at radius 3 is 2.25 bits per heavy atom. The second kappa shape index (κ2) is 6.59. The van der Waals surface area contributed by atoms with Crippen LogP contribution in [0.2, 0.25) is 0 Å². The first-order chi connectivity index (χ1) is 9.53. The normalized spacial score (nSPS) is 30.2. The highest BCUT2D eigenvalue weighted by atomic mass is 16.4. The molecule has 0 aliphatic heterocycles. The van der Waals surface area contributed by atoms with Gasteiger partial charge in [0.1, 0.15) is 0 Å². The van der Waals surface area contributed by atoms with Gasteiger partial charge in [-0.2, -0.15) is 0 Å². The number of hydrogen-bond acceptors (Lipinski definition) is 2. The molecule has 2 N–H and O–H groups in total. The molecule has 2 aliphatic carbocycles. The summed E-state index contributed by atoms with van der Waals surface area (Å²) in [6, 6.07) is -0.179. The summed E-state index contributed by atoms with van der Waals surface area (Å²) in [7, 11) is 0. The maximum Gasteiger partial charge on any atom is 0.308 e. The van der Waals surface area contributed by atoms with Crippen LogP contribution in [0.25, 0.3) is 0 Å². The van der Waals surface area contributed by atoms with E-state index in [-0.39, 0.29) is 17.4 Å². The summed E-state index contributed by atoms with van der Waals surface area (Å²) in [6.07, 6.45) is 9.85. The Kier molecular flexibility index (Phi) is 5.06. The average Bonchev–Trinajstić information content (AvgIpc) is 2.65. The minimum absolute atomic E-state index is 0.0790. The molecule has 0 bridgehead atoms. The zero-order valence-corrected chi connectivity index (χ0v) is 12.5. The Morgan fingerprint density at radius 2 is 1.60 bits per heavy atom. The lowest BCUT2D eigenvalue weighted by Crippen LogP contribution is -2.49. The van der Waals surface area contributed by atoms with Crippen molar-refractivity contribution in [1.29, 1.82) is 0 Å². The standard InChI is InChI=1S/C16H27NO3/c1-16(10-6-3-7-11-16)15(20)17-13-9-5-2-4-8-12(13)14(18)19/h12-13H,2-11H2,1H3,(H,17,20)(H,18,19). The number of aliphatic carboxylic acids is 1. The van der Waals surface area contributed by atoms with Crippen molar-refractivity contribution in [2.75, 3.05) is 0 Å². The highest BCUT2D eigenvalue weighted by Crippen LogP contribution is 2.36. The van der Waals surface area contributed by atoms with E-state index in [4.69, 9.17) is 0 Å². The molecule has 0 aromatic heterocycles. The maximum absolute atomic E-state index is 12.6. The van der Waals surface area contributed by atoms with E-state index in [2.05, 4.69) is 5.32 Å². The molecule has 0 aromatic rings. The number of carboxylic acids is 1. The van der Waals surface area contributed by atoms with Crippen molar-refractivity contribution in [3.63, 3.8) is 0 Å². The molecular weight excluding hydrogens is 254 g/mol. The summed E-state index contributed by atoms with van der Waals surface area (Å²) in [5.74, 6) is -1.09. The van der Waals surface area contributed by atoms with Gasteiger partial charge in [0.25, 0.3) is 0 Å². The highest BCUT2D eigenvalue weighted by molar-refractivity contribution is 5.83. The van der Waals surface area contributed by atoms with Gasteiger partial charge >= 0.3 is 5.97 Å². The lowest BCUT2D eigenvalue weighted by atomic mass is 9.74. The minimum atomic E-state index is -0.758. The van der Waals surface area contributed by atoms with E-state index < -0.39 is 11.9 Å². The SMILES string of the molecule is CC1(C(=O)NC2CCCCCC2C(=O)O)CCCCC1. The number of carbonyl (C=O) groups excluding carboxylic acids is 1. The van der Waals surface area contributed by atoms with Crippen molar-refractivity contribution < 1.29 is 14.7 Å². The zero-order chi connectivity index (χ0) is 14.6. The van der Waals surface area contributed by atoms with Crippen LogP contribution in [-0.4, -0.2) is 23.0 Å². The number of nitrogens with one attached hydrogen (secondary N) is 1. The van der Waals surface area contributed by atoms with Crippen LogP contribution in [0, 0.1) is 11.3 Å². The second-order valence-corrected chi connectivity index (χ2v) is 6.78. The fourth-order valence-corrected chi connectivity index (χ4v) is 3.68. The smallest absolute Gasteiger partial charge is 0.308 e. The molecule has 0 saturated heterocycles. The second-order valence-electron chi connectivity index (χ2n) is 6.78. The van der Waals surface area contributed by atoms with E-state index in [1.807, 2.05) is 6.92 Å². The molecule has 2 atom stereocenters. The van der Waals surface area contributed by atoms with Gasteiger partial charge in [0, 0.05) is 11.5 Å². The quantitative estimate of drug-likeness (QED) is 0.781. The van der Waals surface area contributed by atoms with Crippen molar-refractivity contribution in [1.82, 2.24) is 5.32 Å². The molecule has 0 heterocycles. The molecule has 0 radical (unpaired) electrons. The molecule has 2 rings (SSSR count). The first kappa shape index (κ1) is 15.3. The summed E-state index contributed by atoms with van der Waals surface area (Å²) >= 11 is 0. The van der Waals surface area contributed by atoms with Gasteiger partial charge < -0.3 is 10.4 Å². The molecule has 4 nitrogen and oxygen atoms in total. The Bertz CT molecular complexity index is 361. The van der Waals surface area contributed by atoms with E-state index in [1.54, 1.807) is 0 Å². The summed E-state index contributed by atoms with van der Waals surface area (Å²) in [6.45, 7) is 2.04. The van der Waals surface area contributed by atoms with Crippen molar-refractivity contribution >= 4 is 11.9 Å². The summed E-state index contributed by atoms with van der Waals surface area (Å²) < 4.78 is 0. The lowest BCUT2D eigenvalue weighted by Gasteiger charge is -2.34. The predicted molar refractivity (Wildman–Crippen MR) is 77.3 cm³/mol. The van der Waals surface area contributed by atoms with Gasteiger partial charge in [-0.3, -0.25) is 9.59 Å². The van der Waals surface area contributed by atoms with Gasteiger partial charge in [0.05, 0.1) is 5.92 Å². The monoisotopic (exact) mass is 281 g/mol. The van der Waals surface area contributed by atoms with Crippen LogP contribution in [0.4, 0.5) is 0 Å². The Morgan fingerprint density at radius 1 is 1.00 bits per heavy atom. The van der Waals surface area contributed by atoms with Gasteiger partial charge in [-0.15, -0.1) is 0 Å². The molecule has 0 aromatic carbocycles. The summed E-state index contributed by atoms with van der Waals surface area (Å²) in [5.41, 5.74) is -0.284. The lowest BCUT2D eigenvalue weighted by molar-refractivity contribution is -0.144. The number of hydrogen-bond donors (Lipinski definition) is 2. The van der Waals surface area contributed by atoms with Gasteiger partial charge in [-0.25, -0.2) is 0 Å². The third-order valence-corrected chi connectivity index (χ3v) is 5.15. The van der Waals surface area contributed by atoms with E-state index >= 15 is 0 Å². The molecule has 0 spiro atoms. The molecule has 114 valence electrons. The largest absolute Gasteiger partial charge is 0.481 e. The van der Waals surface area contributed by atoms with Crippen molar-refractivity contribution in [3.8, 4) is 0 Å². The van der Waals surface area contributed by atoms with Gasteiger partial charge in [-0.05, 0) is 25.7 Å². The summed E-state index contributed by atoms with van der Waals surface area (Å²) in [4.78, 5) is 24.0. The first-order valence-electron chi connectivity index (χ1n) is 8.07. The molecule has 1 amide bonds. The van der Waals surface area contributed by atoms with E-state index in [0.717, 1.165) is 51.4 Å². The Hall–Kier alpha value is -1.06. The number of rotatable bonds is 3. The Balaban J connectivity index is 2.01. The van der Waals surface area contributed by atoms with E-state index in [1.165, 1.54) is 6.42 Å². The average molecular weight is 281 g/mol. The number of carboxylic acid groups (broad SMARTS) is 1. The zero-order valence-electron chi connectivity index (χ0n) is 12.5. The highest BCUT2D eigenvalue weighted by Gasteiger charge is 2.38. The molecule has 4 heteroatoms. The minimum Gasteiger partial charge on any atom is -0.481 e. The fourth-order valence-electron chi connectivity index (χ4n) is 3.68. The number of carbonyl (C=O) groups is 2. The fraction of sp³-hybridized carbons (Fsp3) is 0.875. The van der Waals surface area contributed by atoms with Crippen LogP contribution >= 0.6 is 0 Å². The van der Waals surface area contributed by atoms with E-state index in [0.29, 0.717) is 6.42 Å². The molecule has 2 fully saturated rings. The van der Waals surface area contributed by atoms with Crippen LogP contribution in [0.5, 0.6) is 0 Å². The first-order valence-corrected chi connectivity index (χ1v) is 8.07. The van der Waals surface area contributed by atoms with Crippen molar-refractivity contribution in [2.24, 2.45) is 11.3 Å². The maximum atomic E-state index is 12.6. The molecule has 2 aliphatic rings. The van der Waals surface area contributed by atoms with Crippen LogP contribution in [0.1, 0.15) is 71.1 Å². The number of amides is 1. The van der Waals surface area contributed by atoms with Crippen molar-refractivity contribution in [2.45, 2.75) is 77.2 Å². The van der Waals surface area contributed by atoms with Crippen LogP contribution < -0.4 is 5.32 Å². The van der Waals surface area contributed by atoms with Crippen LogP contribution in [-0.2, 0) is 9.59 Å². The topological polar surface area (TPSA) is 66.4 Å². The van der Waals surface area contributed by atoms with E-state index in [9.17, 15) is 14.7 Å². The molecular formula is C16H27NO3. The third-order valence-electron chi connectivity index (χ3n) is 5.15. The molecule has 2 unspecified atom stereocenters. The van der Waals surface area contributed by atoms with Crippen LogP contribution in [0.3, 0.4) is 0 Å². The van der Waals surface area contributed by atoms with Gasteiger partial charge in [0.15, 0.2) is 0 Å². The third kappa shape index (κ3) is 3.53. The van der Waals surface area contributed by atoms with Gasteiger partial charge in [-0.1, -0.05) is 45.4 Å². The predicted octanol–water partition coefficient (Wildman–Crippen LogP) is 3.11. The van der Waals surface area contributed by atoms with Crippen molar-refractivity contribution in [3.05, 3.63) is 0 Å². The van der Waals surface area contributed by atoms with Crippen LogP contribution in [0.15, 0.2) is 0 Å². The molecule has 2 saturated carbocycles. The molecule has 20 heavy (non-hydrogen) atoms. The van der Waals surface area contributed by atoms with Gasteiger partial charge in [0.2, 0.25) is 5.91 Å². The summed E-state index contributed by atoms with van der Waals surface area (Å²) in [5, 5.41) is 12.5.